The van der Waals surface area contributed by atoms with E-state index < -0.39 is 12.1 Å². The molecule has 2 aromatic carbocycles. The minimum absolute atomic E-state index is 0.338. The highest BCUT2D eigenvalue weighted by Gasteiger charge is 2.12. The number of carboxylic acid groups (broad SMARTS) is 1. The molecule has 3 aromatic rings. The van der Waals surface area contributed by atoms with Gasteiger partial charge in [-0.1, -0.05) is 0 Å². The minimum atomic E-state index is -1.03. The highest BCUT2D eigenvalue weighted by Crippen LogP contribution is 2.26. The summed E-state index contributed by atoms with van der Waals surface area (Å²) in [5.74, 6) is 0.128. The Bertz CT molecular complexity index is 880. The van der Waals surface area contributed by atoms with E-state index in [1.54, 1.807) is 36.4 Å². The van der Waals surface area contributed by atoms with E-state index in [0.717, 1.165) is 5.39 Å². The lowest BCUT2D eigenvalue weighted by atomic mass is 10.2. The topological polar surface area (TPSA) is 68.7 Å². The Labute approximate surface area is 137 Å². The van der Waals surface area contributed by atoms with Crippen molar-refractivity contribution < 1.29 is 23.8 Å². The molecular weight excluding hydrogens is 313 g/mol. The third-order valence-electron chi connectivity index (χ3n) is 3.34. The number of fused-ring (bicyclic) bond motifs is 1. The lowest BCUT2D eigenvalue weighted by Crippen LogP contribution is -2.22. The summed E-state index contributed by atoms with van der Waals surface area (Å²) in [5.41, 5.74) is 0.550. The maximum atomic E-state index is 13.1. The summed E-state index contributed by atoms with van der Waals surface area (Å²) >= 11 is 0. The van der Waals surface area contributed by atoms with Crippen LogP contribution in [0.2, 0.25) is 0 Å². The van der Waals surface area contributed by atoms with Crippen molar-refractivity contribution in [2.24, 2.45) is 0 Å². The third-order valence-corrected chi connectivity index (χ3v) is 3.34. The number of ether oxygens (including phenoxy) is 2. The smallest absolute Gasteiger partial charge is 0.344 e. The lowest BCUT2D eigenvalue weighted by molar-refractivity contribution is -0.144. The van der Waals surface area contributed by atoms with Crippen LogP contribution in [-0.4, -0.2) is 22.2 Å². The molecule has 0 spiro atoms. The van der Waals surface area contributed by atoms with Gasteiger partial charge in [0.1, 0.15) is 23.1 Å². The fourth-order valence-corrected chi connectivity index (χ4v) is 2.11. The molecule has 0 aliphatic heterocycles. The predicted octanol–water partition coefficient (Wildman–Crippen LogP) is 4.02. The van der Waals surface area contributed by atoms with Gasteiger partial charge in [-0.3, -0.25) is 4.98 Å². The van der Waals surface area contributed by atoms with E-state index in [9.17, 15) is 9.18 Å². The fraction of sp³-hybridized carbons (Fsp3) is 0.111. The summed E-state index contributed by atoms with van der Waals surface area (Å²) < 4.78 is 24.1. The number of benzene rings is 2. The molecule has 1 atom stereocenters. The van der Waals surface area contributed by atoms with Gasteiger partial charge in [0.05, 0.1) is 11.7 Å². The molecule has 0 radical (unpaired) electrons. The van der Waals surface area contributed by atoms with E-state index in [2.05, 4.69) is 4.98 Å². The average molecular weight is 327 g/mol. The SMILES string of the molecule is CC(Oc1ccc(Oc2cnc3cc(F)ccc3c2)cc1)C(=O)O. The average Bonchev–Trinajstić information content (AvgIpc) is 2.56. The van der Waals surface area contributed by atoms with Crippen LogP contribution in [0.25, 0.3) is 10.9 Å². The van der Waals surface area contributed by atoms with Crippen LogP contribution in [0.1, 0.15) is 6.92 Å². The number of aliphatic carboxylic acids is 1. The monoisotopic (exact) mass is 327 g/mol. The number of halogens is 1. The zero-order chi connectivity index (χ0) is 17.1. The van der Waals surface area contributed by atoms with Crippen LogP contribution >= 0.6 is 0 Å². The Morgan fingerprint density at radius 2 is 1.79 bits per heavy atom. The van der Waals surface area contributed by atoms with Crippen molar-refractivity contribution in [3.63, 3.8) is 0 Å². The summed E-state index contributed by atoms with van der Waals surface area (Å²) in [6.07, 6.45) is 0.584. The Morgan fingerprint density at radius 3 is 2.50 bits per heavy atom. The number of aromatic nitrogens is 1. The summed E-state index contributed by atoms with van der Waals surface area (Å²) in [4.78, 5) is 14.9. The van der Waals surface area contributed by atoms with Gasteiger partial charge in [0.15, 0.2) is 6.10 Å². The first-order chi connectivity index (χ1) is 11.5. The second-order valence-corrected chi connectivity index (χ2v) is 5.18. The Hall–Kier alpha value is -3.15. The third kappa shape index (κ3) is 3.60. The van der Waals surface area contributed by atoms with E-state index in [0.29, 0.717) is 22.8 Å². The van der Waals surface area contributed by atoms with Crippen molar-refractivity contribution in [3.05, 3.63) is 60.5 Å². The molecule has 1 N–H and O–H groups in total. The van der Waals surface area contributed by atoms with Gasteiger partial charge in [0, 0.05) is 11.5 Å². The van der Waals surface area contributed by atoms with Crippen molar-refractivity contribution in [2.75, 3.05) is 0 Å². The van der Waals surface area contributed by atoms with Crippen molar-refractivity contribution in [1.82, 2.24) is 4.98 Å². The number of nitrogens with zero attached hydrogens (tertiary/aromatic N) is 1. The van der Waals surface area contributed by atoms with Gasteiger partial charge in [-0.2, -0.15) is 0 Å². The van der Waals surface area contributed by atoms with E-state index in [1.807, 2.05) is 0 Å². The molecule has 122 valence electrons. The van der Waals surface area contributed by atoms with Crippen molar-refractivity contribution >= 4 is 16.9 Å². The van der Waals surface area contributed by atoms with Crippen LogP contribution < -0.4 is 9.47 Å². The van der Waals surface area contributed by atoms with Gasteiger partial charge in [-0.05, 0) is 49.4 Å². The summed E-state index contributed by atoms with van der Waals surface area (Å²) in [7, 11) is 0. The van der Waals surface area contributed by atoms with Crippen LogP contribution in [0.3, 0.4) is 0 Å². The van der Waals surface area contributed by atoms with Crippen molar-refractivity contribution in [3.8, 4) is 17.2 Å². The first kappa shape index (κ1) is 15.7. The Balaban J connectivity index is 1.74. The molecular formula is C18H14FNO4. The molecule has 0 fully saturated rings. The summed E-state index contributed by atoms with van der Waals surface area (Å²) in [6.45, 7) is 1.45. The summed E-state index contributed by atoms with van der Waals surface area (Å²) in [6, 6.07) is 12.7. The van der Waals surface area contributed by atoms with Gasteiger partial charge in [0.25, 0.3) is 0 Å². The van der Waals surface area contributed by atoms with Gasteiger partial charge in [-0.25, -0.2) is 9.18 Å². The molecule has 6 heteroatoms. The number of carboxylic acids is 1. The Kier molecular flexibility index (Phi) is 4.29. The Morgan fingerprint density at radius 1 is 1.08 bits per heavy atom. The van der Waals surface area contributed by atoms with Gasteiger partial charge >= 0.3 is 5.97 Å². The molecule has 0 aliphatic carbocycles. The molecule has 0 bridgehead atoms. The van der Waals surface area contributed by atoms with Crippen LogP contribution in [0.5, 0.6) is 17.2 Å². The summed E-state index contributed by atoms with van der Waals surface area (Å²) in [5, 5.41) is 9.58. The van der Waals surface area contributed by atoms with Gasteiger partial charge < -0.3 is 14.6 Å². The van der Waals surface area contributed by atoms with Crippen LogP contribution in [0, 0.1) is 5.82 Å². The van der Waals surface area contributed by atoms with Crippen LogP contribution in [0.15, 0.2) is 54.7 Å². The normalized spacial score (nSPS) is 11.9. The highest BCUT2D eigenvalue weighted by atomic mass is 19.1. The zero-order valence-corrected chi connectivity index (χ0v) is 12.8. The standard InChI is InChI=1S/C18H14FNO4/c1-11(18(21)22)23-14-4-6-15(7-5-14)24-16-8-12-2-3-13(19)9-17(12)20-10-16/h2-11H,1H3,(H,21,22). The van der Waals surface area contributed by atoms with E-state index >= 15 is 0 Å². The van der Waals surface area contributed by atoms with E-state index in [-0.39, 0.29) is 5.82 Å². The largest absolute Gasteiger partial charge is 0.479 e. The van der Waals surface area contributed by atoms with Crippen LogP contribution in [0.4, 0.5) is 4.39 Å². The first-order valence-corrected chi connectivity index (χ1v) is 7.24. The van der Waals surface area contributed by atoms with Crippen LogP contribution in [-0.2, 0) is 4.79 Å². The zero-order valence-electron chi connectivity index (χ0n) is 12.8. The molecule has 0 aliphatic rings. The highest BCUT2D eigenvalue weighted by molar-refractivity contribution is 5.79. The molecule has 0 saturated carbocycles. The molecule has 1 unspecified atom stereocenters. The molecule has 1 heterocycles. The lowest BCUT2D eigenvalue weighted by Gasteiger charge is -2.11. The minimum Gasteiger partial charge on any atom is -0.479 e. The molecule has 5 nitrogen and oxygen atoms in total. The van der Waals surface area contributed by atoms with Gasteiger partial charge in [-0.15, -0.1) is 0 Å². The quantitative estimate of drug-likeness (QED) is 0.766. The number of hydrogen-bond acceptors (Lipinski definition) is 4. The molecule has 3 rings (SSSR count). The fourth-order valence-electron chi connectivity index (χ4n) is 2.11. The number of carbonyl (C=O) groups is 1. The van der Waals surface area contributed by atoms with Crippen molar-refractivity contribution in [1.29, 1.82) is 0 Å². The maximum Gasteiger partial charge on any atom is 0.344 e. The van der Waals surface area contributed by atoms with E-state index in [1.165, 1.54) is 25.3 Å². The van der Waals surface area contributed by atoms with E-state index in [4.69, 9.17) is 14.6 Å². The number of hydrogen-bond donors (Lipinski definition) is 1. The number of rotatable bonds is 5. The predicted molar refractivity (Wildman–Crippen MR) is 85.9 cm³/mol. The molecule has 1 aromatic heterocycles. The van der Waals surface area contributed by atoms with Gasteiger partial charge in [0.2, 0.25) is 0 Å². The first-order valence-electron chi connectivity index (χ1n) is 7.24. The number of pyridine rings is 1. The van der Waals surface area contributed by atoms with Crippen molar-refractivity contribution in [2.45, 2.75) is 13.0 Å². The molecule has 0 saturated heterocycles. The second-order valence-electron chi connectivity index (χ2n) is 5.18. The second kappa shape index (κ2) is 6.54. The molecule has 24 heavy (non-hydrogen) atoms. The maximum absolute atomic E-state index is 13.1. The molecule has 0 amide bonds.